The maximum Gasteiger partial charge on any atom is 0.259 e. The molecular formula is C7H7N5O. The highest BCUT2D eigenvalue weighted by Crippen LogP contribution is 2.07. The molecule has 0 aliphatic heterocycles. The van der Waals surface area contributed by atoms with E-state index in [0.29, 0.717) is 11.4 Å². The first-order valence-electron chi connectivity index (χ1n) is 3.63. The van der Waals surface area contributed by atoms with E-state index in [1.54, 1.807) is 18.3 Å². The molecule has 6 nitrogen and oxygen atoms in total. The maximum absolute atomic E-state index is 11.2. The van der Waals surface area contributed by atoms with Crippen molar-refractivity contribution < 1.29 is 0 Å². The molecule has 0 radical (unpaired) electrons. The van der Waals surface area contributed by atoms with Crippen molar-refractivity contribution in [2.75, 3.05) is 5.73 Å². The molecule has 0 unspecified atom stereocenters. The molecule has 0 amide bonds. The second-order valence-electron chi connectivity index (χ2n) is 2.46. The lowest BCUT2D eigenvalue weighted by atomic mass is 10.3. The summed E-state index contributed by atoms with van der Waals surface area (Å²) in [6, 6.07) is 3.34. The van der Waals surface area contributed by atoms with Crippen molar-refractivity contribution in [1.29, 1.82) is 0 Å². The van der Waals surface area contributed by atoms with Crippen LogP contribution in [0.2, 0.25) is 0 Å². The summed E-state index contributed by atoms with van der Waals surface area (Å²) in [5, 5.41) is 6.18. The van der Waals surface area contributed by atoms with E-state index in [0.717, 1.165) is 0 Å². The number of nitrogens with one attached hydrogen (secondary N) is 2. The Morgan fingerprint density at radius 2 is 2.31 bits per heavy atom. The molecule has 0 aromatic carbocycles. The molecule has 2 heterocycles. The normalized spacial score (nSPS) is 10.2. The number of aromatic nitrogens is 4. The van der Waals surface area contributed by atoms with Gasteiger partial charge in [0.2, 0.25) is 5.95 Å². The lowest BCUT2D eigenvalue weighted by Crippen LogP contribution is -2.07. The van der Waals surface area contributed by atoms with Crippen molar-refractivity contribution in [2.45, 2.75) is 0 Å². The largest absolute Gasteiger partial charge is 0.366 e. The number of pyridine rings is 1. The van der Waals surface area contributed by atoms with Crippen LogP contribution in [0.4, 0.5) is 5.95 Å². The third-order valence-electron chi connectivity index (χ3n) is 1.58. The van der Waals surface area contributed by atoms with E-state index in [1.807, 2.05) is 0 Å². The number of nitrogens with two attached hydrogens (primary N) is 1. The number of rotatable bonds is 1. The topological polar surface area (TPSA) is 100 Å². The van der Waals surface area contributed by atoms with Gasteiger partial charge in [0.25, 0.3) is 5.56 Å². The van der Waals surface area contributed by atoms with Gasteiger partial charge >= 0.3 is 0 Å². The quantitative estimate of drug-likeness (QED) is 0.558. The smallest absolute Gasteiger partial charge is 0.259 e. The predicted octanol–water partition coefficient (Wildman–Crippen LogP) is -0.258. The average molecular weight is 177 g/mol. The van der Waals surface area contributed by atoms with Gasteiger partial charge in [-0.3, -0.25) is 9.89 Å². The van der Waals surface area contributed by atoms with E-state index >= 15 is 0 Å². The van der Waals surface area contributed by atoms with Gasteiger partial charge in [0.1, 0.15) is 0 Å². The van der Waals surface area contributed by atoms with Crippen LogP contribution in [0.5, 0.6) is 0 Å². The van der Waals surface area contributed by atoms with Crippen molar-refractivity contribution in [3.8, 4) is 11.4 Å². The molecular weight excluding hydrogens is 170 g/mol. The van der Waals surface area contributed by atoms with Crippen LogP contribution in [-0.4, -0.2) is 20.2 Å². The molecule has 2 rings (SSSR count). The molecule has 0 fully saturated rings. The van der Waals surface area contributed by atoms with Gasteiger partial charge in [-0.25, -0.2) is 0 Å². The van der Waals surface area contributed by atoms with Gasteiger partial charge in [-0.1, -0.05) is 0 Å². The van der Waals surface area contributed by atoms with Gasteiger partial charge in [-0.05, 0) is 12.1 Å². The van der Waals surface area contributed by atoms with Crippen LogP contribution >= 0.6 is 0 Å². The zero-order valence-corrected chi connectivity index (χ0v) is 6.61. The Morgan fingerprint density at radius 1 is 1.46 bits per heavy atom. The van der Waals surface area contributed by atoms with Crippen LogP contribution in [0.1, 0.15) is 0 Å². The first-order chi connectivity index (χ1) is 6.27. The Hall–Kier alpha value is -2.11. The maximum atomic E-state index is 11.2. The van der Waals surface area contributed by atoms with E-state index in [1.165, 1.54) is 0 Å². The van der Waals surface area contributed by atoms with Gasteiger partial charge in [0.05, 0.1) is 5.56 Å². The summed E-state index contributed by atoms with van der Waals surface area (Å²) in [6.45, 7) is 0. The summed E-state index contributed by atoms with van der Waals surface area (Å²) >= 11 is 0. The Morgan fingerprint density at radius 3 is 2.92 bits per heavy atom. The standard InChI is InChI=1S/C7H7N5O/c8-7-10-5(11-12-7)4-2-1-3-9-6(4)13/h1-3H,(H,9,13)(H3,8,10,11,12). The Kier molecular flexibility index (Phi) is 1.59. The Bertz CT molecular complexity index is 471. The fraction of sp³-hybridized carbons (Fsp3) is 0. The monoisotopic (exact) mass is 177 g/mol. The zero-order valence-electron chi connectivity index (χ0n) is 6.61. The van der Waals surface area contributed by atoms with Gasteiger partial charge in [0.15, 0.2) is 5.82 Å². The van der Waals surface area contributed by atoms with Crippen molar-refractivity contribution in [3.63, 3.8) is 0 Å². The molecule has 6 heteroatoms. The molecule has 2 aromatic heterocycles. The van der Waals surface area contributed by atoms with Gasteiger partial charge < -0.3 is 10.7 Å². The summed E-state index contributed by atoms with van der Waals surface area (Å²) in [5.74, 6) is 0.498. The lowest BCUT2D eigenvalue weighted by molar-refractivity contribution is 1.09. The molecule has 0 bridgehead atoms. The molecule has 0 saturated carbocycles. The molecule has 0 atom stereocenters. The summed E-state index contributed by atoms with van der Waals surface area (Å²) < 4.78 is 0. The van der Waals surface area contributed by atoms with Crippen LogP contribution in [0.15, 0.2) is 23.1 Å². The minimum absolute atomic E-state index is 0.123. The Balaban J connectivity index is 2.59. The van der Waals surface area contributed by atoms with Crippen LogP contribution < -0.4 is 11.3 Å². The Labute approximate surface area is 72.8 Å². The van der Waals surface area contributed by atoms with E-state index in [9.17, 15) is 4.79 Å². The lowest BCUT2D eigenvalue weighted by Gasteiger charge is -1.91. The van der Waals surface area contributed by atoms with Crippen LogP contribution in [0.3, 0.4) is 0 Å². The van der Waals surface area contributed by atoms with Crippen molar-refractivity contribution in [2.24, 2.45) is 0 Å². The van der Waals surface area contributed by atoms with Crippen LogP contribution in [-0.2, 0) is 0 Å². The fourth-order valence-electron chi connectivity index (χ4n) is 1.00. The molecule has 13 heavy (non-hydrogen) atoms. The van der Waals surface area contributed by atoms with Crippen LogP contribution in [0.25, 0.3) is 11.4 Å². The highest BCUT2D eigenvalue weighted by atomic mass is 16.1. The minimum atomic E-state index is -0.223. The SMILES string of the molecule is Nc1n[nH]c(-c2ccc[nH]c2=O)n1. The summed E-state index contributed by atoms with van der Waals surface area (Å²) in [5.41, 5.74) is 5.50. The number of anilines is 1. The number of nitrogen functional groups attached to an aromatic ring is 1. The number of hydrogen-bond acceptors (Lipinski definition) is 4. The van der Waals surface area contributed by atoms with Gasteiger partial charge in [0, 0.05) is 6.20 Å². The van der Waals surface area contributed by atoms with Gasteiger partial charge in [-0.15, -0.1) is 5.10 Å². The second kappa shape index (κ2) is 2.74. The van der Waals surface area contributed by atoms with Crippen molar-refractivity contribution in [3.05, 3.63) is 28.7 Å². The molecule has 0 aliphatic carbocycles. The summed E-state index contributed by atoms with van der Waals surface area (Å²) in [7, 11) is 0. The third-order valence-corrected chi connectivity index (χ3v) is 1.58. The van der Waals surface area contributed by atoms with Crippen LogP contribution in [0, 0.1) is 0 Å². The molecule has 0 aliphatic rings. The second-order valence-corrected chi connectivity index (χ2v) is 2.46. The molecule has 0 spiro atoms. The molecule has 0 saturated heterocycles. The third kappa shape index (κ3) is 1.28. The number of hydrogen-bond donors (Lipinski definition) is 3. The average Bonchev–Trinajstić information content (AvgIpc) is 2.53. The number of H-pyrrole nitrogens is 2. The fourth-order valence-corrected chi connectivity index (χ4v) is 1.00. The zero-order chi connectivity index (χ0) is 9.26. The molecule has 2 aromatic rings. The molecule has 4 N–H and O–H groups in total. The number of nitrogens with zero attached hydrogens (tertiary/aromatic N) is 2. The molecule has 66 valence electrons. The highest BCUT2D eigenvalue weighted by Gasteiger charge is 2.05. The first-order valence-corrected chi connectivity index (χ1v) is 3.63. The van der Waals surface area contributed by atoms with E-state index in [-0.39, 0.29) is 11.5 Å². The predicted molar refractivity (Wildman–Crippen MR) is 46.9 cm³/mol. The first kappa shape index (κ1) is 7.53. The minimum Gasteiger partial charge on any atom is -0.366 e. The van der Waals surface area contributed by atoms with E-state index < -0.39 is 0 Å². The van der Waals surface area contributed by atoms with Gasteiger partial charge in [-0.2, -0.15) is 4.98 Å². The van der Waals surface area contributed by atoms with Crippen molar-refractivity contribution >= 4 is 5.95 Å². The summed E-state index contributed by atoms with van der Waals surface area (Å²) in [4.78, 5) is 17.6. The highest BCUT2D eigenvalue weighted by molar-refractivity contribution is 5.53. The van der Waals surface area contributed by atoms with E-state index in [4.69, 9.17) is 5.73 Å². The summed E-state index contributed by atoms with van der Waals surface area (Å²) in [6.07, 6.45) is 1.55. The number of aromatic amines is 2. The van der Waals surface area contributed by atoms with Crippen molar-refractivity contribution in [1.82, 2.24) is 20.2 Å². The van der Waals surface area contributed by atoms with E-state index in [2.05, 4.69) is 20.2 Å².